The normalized spacial score (nSPS) is 18.3. The molecule has 1 aromatic heterocycles. The third-order valence-corrected chi connectivity index (χ3v) is 4.31. The van der Waals surface area contributed by atoms with Crippen molar-refractivity contribution in [2.24, 2.45) is 0 Å². The van der Waals surface area contributed by atoms with Crippen LogP contribution in [0.2, 0.25) is 0 Å². The number of carbonyl (C=O) groups excluding carboxylic acids is 1. The van der Waals surface area contributed by atoms with E-state index in [1.165, 1.54) is 5.56 Å². The molecule has 2 heterocycles. The lowest BCUT2D eigenvalue weighted by Gasteiger charge is -2.38. The van der Waals surface area contributed by atoms with E-state index in [9.17, 15) is 10.1 Å². The van der Waals surface area contributed by atoms with Gasteiger partial charge in [-0.25, -0.2) is 0 Å². The molecule has 3 rings (SSSR count). The van der Waals surface area contributed by atoms with Gasteiger partial charge in [-0.05, 0) is 18.6 Å². The number of amides is 1. The van der Waals surface area contributed by atoms with Crippen LogP contribution in [0.25, 0.3) is 0 Å². The zero-order valence-electron chi connectivity index (χ0n) is 13.8. The molecule has 1 aliphatic rings. The monoisotopic (exact) mass is 323 g/mol. The van der Waals surface area contributed by atoms with Crippen molar-refractivity contribution in [3.8, 4) is 6.07 Å². The number of benzene rings is 1. The Kier molecular flexibility index (Phi) is 4.92. The number of hydrogen-bond acceptors (Lipinski definition) is 4. The van der Waals surface area contributed by atoms with Gasteiger partial charge in [0.2, 0.25) is 5.91 Å². The number of H-pyrrole nitrogens is 1. The summed E-state index contributed by atoms with van der Waals surface area (Å²) in [5, 5.41) is 16.4. The first-order valence-corrected chi connectivity index (χ1v) is 8.12. The number of piperazine rings is 1. The van der Waals surface area contributed by atoms with Crippen LogP contribution in [-0.2, 0) is 17.8 Å². The van der Waals surface area contributed by atoms with Crippen LogP contribution in [0.15, 0.2) is 36.4 Å². The third-order valence-electron chi connectivity index (χ3n) is 4.31. The van der Waals surface area contributed by atoms with Crippen molar-refractivity contribution in [3.05, 3.63) is 53.3 Å². The summed E-state index contributed by atoms with van der Waals surface area (Å²) in [6.07, 6.45) is 0.279. The first-order valence-electron chi connectivity index (χ1n) is 8.12. The van der Waals surface area contributed by atoms with Crippen LogP contribution in [0.3, 0.4) is 0 Å². The fourth-order valence-corrected chi connectivity index (χ4v) is 3.01. The summed E-state index contributed by atoms with van der Waals surface area (Å²) in [6, 6.07) is 14.1. The van der Waals surface area contributed by atoms with Crippen LogP contribution in [-0.4, -0.2) is 51.6 Å². The van der Waals surface area contributed by atoms with Gasteiger partial charge in [0.15, 0.2) is 0 Å². The molecule has 6 heteroatoms. The van der Waals surface area contributed by atoms with Crippen molar-refractivity contribution in [1.29, 1.82) is 5.26 Å². The predicted octanol–water partition coefficient (Wildman–Crippen LogP) is 1.50. The highest BCUT2D eigenvalue weighted by molar-refractivity contribution is 5.78. The number of aryl methyl sites for hydroxylation is 1. The maximum atomic E-state index is 12.4. The molecule has 0 spiro atoms. The molecule has 0 aliphatic carbocycles. The zero-order valence-corrected chi connectivity index (χ0v) is 13.8. The molecule has 0 radical (unpaired) electrons. The second-order valence-electron chi connectivity index (χ2n) is 6.16. The number of nitrogens with one attached hydrogen (secondary N) is 1. The Morgan fingerprint density at radius 1 is 1.38 bits per heavy atom. The largest absolute Gasteiger partial charge is 0.338 e. The molecule has 1 unspecified atom stereocenters. The molecule has 24 heavy (non-hydrogen) atoms. The number of carbonyl (C=O) groups is 1. The Labute approximate surface area is 141 Å². The van der Waals surface area contributed by atoms with Crippen molar-refractivity contribution in [1.82, 2.24) is 20.0 Å². The van der Waals surface area contributed by atoms with E-state index in [-0.39, 0.29) is 18.4 Å². The van der Waals surface area contributed by atoms with Gasteiger partial charge in [-0.1, -0.05) is 30.3 Å². The average Bonchev–Trinajstić information content (AvgIpc) is 3.01. The summed E-state index contributed by atoms with van der Waals surface area (Å²) in [5.74, 6) is 0.0288. The zero-order chi connectivity index (χ0) is 16.9. The Morgan fingerprint density at radius 2 is 2.17 bits per heavy atom. The number of rotatable bonds is 4. The lowest BCUT2D eigenvalue weighted by Crippen LogP contribution is -2.54. The topological polar surface area (TPSA) is 76.0 Å². The Hall–Kier alpha value is -2.65. The summed E-state index contributed by atoms with van der Waals surface area (Å²) < 4.78 is 0. The molecule has 2 aromatic rings. The molecular weight excluding hydrogens is 302 g/mol. The molecule has 1 aromatic carbocycles. The van der Waals surface area contributed by atoms with Crippen molar-refractivity contribution in [2.45, 2.75) is 25.9 Å². The van der Waals surface area contributed by atoms with E-state index in [1.807, 2.05) is 31.2 Å². The highest BCUT2D eigenvalue weighted by Gasteiger charge is 2.29. The van der Waals surface area contributed by atoms with E-state index in [0.29, 0.717) is 19.6 Å². The van der Waals surface area contributed by atoms with Crippen LogP contribution in [0, 0.1) is 18.3 Å². The lowest BCUT2D eigenvalue weighted by molar-refractivity contribution is -0.133. The van der Waals surface area contributed by atoms with Gasteiger partial charge in [-0.2, -0.15) is 10.4 Å². The average molecular weight is 323 g/mol. The van der Waals surface area contributed by atoms with Crippen molar-refractivity contribution >= 4 is 5.91 Å². The van der Waals surface area contributed by atoms with Crippen LogP contribution in [0.4, 0.5) is 0 Å². The molecular formula is C18H21N5O. The molecule has 1 amide bonds. The van der Waals surface area contributed by atoms with E-state index < -0.39 is 0 Å². The Bertz CT molecular complexity index is 733. The van der Waals surface area contributed by atoms with E-state index >= 15 is 0 Å². The molecule has 6 nitrogen and oxygen atoms in total. The molecule has 0 bridgehead atoms. The smallest absolute Gasteiger partial charge is 0.228 e. The van der Waals surface area contributed by atoms with Crippen LogP contribution in [0.1, 0.15) is 17.0 Å². The maximum absolute atomic E-state index is 12.4. The summed E-state index contributed by atoms with van der Waals surface area (Å²) >= 11 is 0. The number of nitriles is 1. The maximum Gasteiger partial charge on any atom is 0.228 e. The first kappa shape index (κ1) is 16.2. The lowest BCUT2D eigenvalue weighted by atomic mass is 10.1. The molecule has 1 aliphatic heterocycles. The van der Waals surface area contributed by atoms with Gasteiger partial charge in [0.25, 0.3) is 0 Å². The highest BCUT2D eigenvalue weighted by atomic mass is 16.2. The summed E-state index contributed by atoms with van der Waals surface area (Å²) in [6.45, 7) is 4.45. The number of hydrogen-bond donors (Lipinski definition) is 1. The van der Waals surface area contributed by atoms with Gasteiger partial charge >= 0.3 is 0 Å². The van der Waals surface area contributed by atoms with Crippen LogP contribution in [0.5, 0.6) is 0 Å². The molecule has 1 saturated heterocycles. The fraction of sp³-hybridized carbons (Fsp3) is 0.389. The number of aromatic amines is 1. The van der Waals surface area contributed by atoms with Crippen LogP contribution >= 0.6 is 0 Å². The molecule has 1 N–H and O–H groups in total. The van der Waals surface area contributed by atoms with E-state index in [0.717, 1.165) is 17.9 Å². The minimum Gasteiger partial charge on any atom is -0.338 e. The van der Waals surface area contributed by atoms with Gasteiger partial charge in [0.05, 0.1) is 18.2 Å². The molecule has 1 fully saturated rings. The van der Waals surface area contributed by atoms with Crippen molar-refractivity contribution in [2.75, 3.05) is 19.6 Å². The van der Waals surface area contributed by atoms with Gasteiger partial charge in [0, 0.05) is 31.9 Å². The van der Waals surface area contributed by atoms with Gasteiger partial charge in [0.1, 0.15) is 6.04 Å². The predicted molar refractivity (Wildman–Crippen MR) is 89.9 cm³/mol. The molecule has 1 atom stereocenters. The van der Waals surface area contributed by atoms with Gasteiger partial charge < -0.3 is 4.90 Å². The third kappa shape index (κ3) is 3.81. The minimum atomic E-state index is -0.274. The van der Waals surface area contributed by atoms with E-state index in [2.05, 4.69) is 33.3 Å². The fourth-order valence-electron chi connectivity index (χ4n) is 3.01. The first-order chi connectivity index (χ1) is 11.7. The number of nitrogens with zero attached hydrogens (tertiary/aromatic N) is 4. The minimum absolute atomic E-state index is 0.0288. The summed E-state index contributed by atoms with van der Waals surface area (Å²) in [5.41, 5.74) is 2.88. The van der Waals surface area contributed by atoms with Crippen LogP contribution < -0.4 is 0 Å². The standard InChI is InChI=1S/C18H21N5O/c1-14-9-16(21-20-14)10-18(24)23-8-7-22(17(11-19)13-23)12-15-5-3-2-4-6-15/h2-6,9,17H,7-8,10,12-13H2,1H3,(H,20,21). The Balaban J connectivity index is 1.60. The SMILES string of the molecule is Cc1cc(CC(=O)N2CCN(Cc3ccccc3)C(C#N)C2)n[nH]1. The van der Waals surface area contributed by atoms with E-state index in [1.54, 1.807) is 4.90 Å². The van der Waals surface area contributed by atoms with Crippen molar-refractivity contribution < 1.29 is 4.79 Å². The van der Waals surface area contributed by atoms with Crippen molar-refractivity contribution in [3.63, 3.8) is 0 Å². The van der Waals surface area contributed by atoms with Gasteiger partial charge in [-0.3, -0.25) is 14.8 Å². The summed E-state index contributed by atoms with van der Waals surface area (Å²) in [4.78, 5) is 16.4. The van der Waals surface area contributed by atoms with E-state index in [4.69, 9.17) is 0 Å². The second-order valence-corrected chi connectivity index (χ2v) is 6.16. The van der Waals surface area contributed by atoms with Gasteiger partial charge in [-0.15, -0.1) is 0 Å². The number of aromatic nitrogens is 2. The molecule has 0 saturated carbocycles. The molecule has 124 valence electrons. The quantitative estimate of drug-likeness (QED) is 0.925. The highest BCUT2D eigenvalue weighted by Crippen LogP contribution is 2.15. The Morgan fingerprint density at radius 3 is 2.83 bits per heavy atom. The second kappa shape index (κ2) is 7.28. The summed E-state index contributed by atoms with van der Waals surface area (Å²) in [7, 11) is 0.